The lowest BCUT2D eigenvalue weighted by Crippen LogP contribution is -2.28. The fraction of sp³-hybridized carbons (Fsp3) is 0.667. The van der Waals surface area contributed by atoms with E-state index in [0.29, 0.717) is 0 Å². The monoisotopic (exact) mass is 209 g/mol. The molecule has 1 aliphatic rings. The predicted octanol–water partition coefficient (Wildman–Crippen LogP) is 2.28. The van der Waals surface area contributed by atoms with Gasteiger partial charge in [-0.25, -0.2) is 0 Å². The summed E-state index contributed by atoms with van der Waals surface area (Å²) in [5.74, 6) is 2.05. The van der Waals surface area contributed by atoms with E-state index >= 15 is 0 Å². The Bertz CT molecular complexity index is 302. The van der Waals surface area contributed by atoms with Crippen LogP contribution in [0.15, 0.2) is 16.5 Å². The molecule has 1 fully saturated rings. The molecule has 0 radical (unpaired) electrons. The highest BCUT2D eigenvalue weighted by Gasteiger charge is 2.28. The van der Waals surface area contributed by atoms with E-state index in [2.05, 4.69) is 24.4 Å². The van der Waals surface area contributed by atoms with Crippen molar-refractivity contribution in [2.45, 2.75) is 38.3 Å². The SMILES string of the molecule is CCc1ccc(C(NC)C2CCCO2)o1. The molecule has 1 aromatic heterocycles. The average molecular weight is 209 g/mol. The van der Waals surface area contributed by atoms with E-state index in [0.717, 1.165) is 37.4 Å². The maximum Gasteiger partial charge on any atom is 0.123 e. The van der Waals surface area contributed by atoms with E-state index in [1.54, 1.807) is 0 Å². The minimum atomic E-state index is 0.202. The Morgan fingerprint density at radius 1 is 1.53 bits per heavy atom. The number of hydrogen-bond acceptors (Lipinski definition) is 3. The second-order valence-corrected chi connectivity index (χ2v) is 3.98. The molecule has 0 spiro atoms. The van der Waals surface area contributed by atoms with Crippen molar-refractivity contribution in [1.29, 1.82) is 0 Å². The van der Waals surface area contributed by atoms with Crippen LogP contribution in [-0.4, -0.2) is 19.8 Å². The highest BCUT2D eigenvalue weighted by molar-refractivity contribution is 5.12. The first-order chi connectivity index (χ1) is 7.35. The fourth-order valence-electron chi connectivity index (χ4n) is 2.13. The zero-order chi connectivity index (χ0) is 10.7. The van der Waals surface area contributed by atoms with E-state index in [4.69, 9.17) is 9.15 Å². The van der Waals surface area contributed by atoms with Gasteiger partial charge in [-0.3, -0.25) is 0 Å². The number of rotatable bonds is 4. The number of hydrogen-bond donors (Lipinski definition) is 1. The first-order valence-corrected chi connectivity index (χ1v) is 5.72. The summed E-state index contributed by atoms with van der Waals surface area (Å²) in [6, 6.07) is 4.31. The van der Waals surface area contributed by atoms with E-state index in [1.165, 1.54) is 0 Å². The van der Waals surface area contributed by atoms with Crippen LogP contribution in [-0.2, 0) is 11.2 Å². The molecule has 1 N–H and O–H groups in total. The van der Waals surface area contributed by atoms with Crippen molar-refractivity contribution in [3.8, 4) is 0 Å². The summed E-state index contributed by atoms with van der Waals surface area (Å²) in [7, 11) is 1.96. The first-order valence-electron chi connectivity index (χ1n) is 5.72. The van der Waals surface area contributed by atoms with Crippen molar-refractivity contribution in [2.24, 2.45) is 0 Å². The molecule has 1 saturated heterocycles. The zero-order valence-corrected chi connectivity index (χ0v) is 9.45. The Hall–Kier alpha value is -0.800. The zero-order valence-electron chi connectivity index (χ0n) is 9.45. The lowest BCUT2D eigenvalue weighted by Gasteiger charge is -2.20. The van der Waals surface area contributed by atoms with Gasteiger partial charge >= 0.3 is 0 Å². The van der Waals surface area contributed by atoms with Crippen molar-refractivity contribution in [1.82, 2.24) is 5.32 Å². The molecule has 15 heavy (non-hydrogen) atoms. The van der Waals surface area contributed by atoms with Crippen LogP contribution in [0.1, 0.15) is 37.3 Å². The summed E-state index contributed by atoms with van der Waals surface area (Å²) < 4.78 is 11.4. The van der Waals surface area contributed by atoms with Crippen LogP contribution in [0, 0.1) is 0 Å². The first kappa shape index (κ1) is 10.7. The molecule has 0 aromatic carbocycles. The molecule has 2 rings (SSSR count). The van der Waals surface area contributed by atoms with Crippen molar-refractivity contribution < 1.29 is 9.15 Å². The van der Waals surface area contributed by atoms with Crippen LogP contribution in [0.2, 0.25) is 0 Å². The van der Waals surface area contributed by atoms with Crippen molar-refractivity contribution in [3.05, 3.63) is 23.7 Å². The van der Waals surface area contributed by atoms with Gasteiger partial charge < -0.3 is 14.5 Å². The number of aryl methyl sites for hydroxylation is 1. The van der Waals surface area contributed by atoms with Gasteiger partial charge in [0, 0.05) is 13.0 Å². The maximum atomic E-state index is 5.76. The molecule has 0 saturated carbocycles. The Kier molecular flexibility index (Phi) is 3.44. The van der Waals surface area contributed by atoms with Crippen molar-refractivity contribution >= 4 is 0 Å². The van der Waals surface area contributed by atoms with E-state index in [9.17, 15) is 0 Å². The van der Waals surface area contributed by atoms with Crippen LogP contribution in [0.4, 0.5) is 0 Å². The molecule has 2 atom stereocenters. The molecular weight excluding hydrogens is 190 g/mol. The van der Waals surface area contributed by atoms with E-state index in [-0.39, 0.29) is 12.1 Å². The van der Waals surface area contributed by atoms with Gasteiger partial charge in [0.1, 0.15) is 11.5 Å². The van der Waals surface area contributed by atoms with Gasteiger partial charge in [0.05, 0.1) is 12.1 Å². The minimum Gasteiger partial charge on any atom is -0.464 e. The summed E-state index contributed by atoms with van der Waals surface area (Å²) in [6.07, 6.45) is 3.49. The van der Waals surface area contributed by atoms with Crippen molar-refractivity contribution in [3.63, 3.8) is 0 Å². The third kappa shape index (κ3) is 2.24. The quantitative estimate of drug-likeness (QED) is 0.826. The molecule has 2 heterocycles. The van der Waals surface area contributed by atoms with Gasteiger partial charge in [0.25, 0.3) is 0 Å². The van der Waals surface area contributed by atoms with Gasteiger partial charge in [-0.15, -0.1) is 0 Å². The largest absolute Gasteiger partial charge is 0.464 e. The predicted molar refractivity (Wildman–Crippen MR) is 58.9 cm³/mol. The molecule has 1 aromatic rings. The van der Waals surface area contributed by atoms with Crippen LogP contribution >= 0.6 is 0 Å². The summed E-state index contributed by atoms with van der Waals surface area (Å²) in [5.41, 5.74) is 0. The molecule has 3 nitrogen and oxygen atoms in total. The van der Waals surface area contributed by atoms with Crippen LogP contribution in [0.25, 0.3) is 0 Å². The second kappa shape index (κ2) is 4.81. The van der Waals surface area contributed by atoms with Crippen LogP contribution in [0.5, 0.6) is 0 Å². The average Bonchev–Trinajstić information content (AvgIpc) is 2.89. The molecule has 0 aliphatic carbocycles. The highest BCUT2D eigenvalue weighted by Crippen LogP contribution is 2.27. The van der Waals surface area contributed by atoms with E-state index < -0.39 is 0 Å². The van der Waals surface area contributed by atoms with Gasteiger partial charge in [-0.05, 0) is 32.0 Å². The standard InChI is InChI=1S/C12H19NO2/c1-3-9-6-7-11(15-9)12(13-2)10-5-4-8-14-10/h6-7,10,12-13H,3-5,8H2,1-2H3. The van der Waals surface area contributed by atoms with Gasteiger partial charge in [0.15, 0.2) is 0 Å². The third-order valence-electron chi connectivity index (χ3n) is 2.99. The number of ether oxygens (including phenoxy) is 1. The number of likely N-dealkylation sites (N-methyl/N-ethyl adjacent to an activating group) is 1. The summed E-state index contributed by atoms with van der Waals surface area (Å²) in [6.45, 7) is 2.98. The number of nitrogens with one attached hydrogen (secondary N) is 1. The Balaban J connectivity index is 2.10. The van der Waals surface area contributed by atoms with Crippen molar-refractivity contribution in [2.75, 3.05) is 13.7 Å². The molecule has 0 bridgehead atoms. The maximum absolute atomic E-state index is 5.76. The minimum absolute atomic E-state index is 0.202. The number of furan rings is 1. The highest BCUT2D eigenvalue weighted by atomic mass is 16.5. The summed E-state index contributed by atoms with van der Waals surface area (Å²) >= 11 is 0. The Labute approximate surface area is 90.8 Å². The lowest BCUT2D eigenvalue weighted by atomic mass is 10.1. The summed E-state index contributed by atoms with van der Waals surface area (Å²) in [4.78, 5) is 0. The topological polar surface area (TPSA) is 34.4 Å². The van der Waals surface area contributed by atoms with Gasteiger partial charge in [-0.1, -0.05) is 6.92 Å². The Morgan fingerprint density at radius 2 is 2.40 bits per heavy atom. The normalized spacial score (nSPS) is 23.2. The second-order valence-electron chi connectivity index (χ2n) is 3.98. The Morgan fingerprint density at radius 3 is 2.93 bits per heavy atom. The molecule has 2 unspecified atom stereocenters. The smallest absolute Gasteiger partial charge is 0.123 e. The summed E-state index contributed by atoms with van der Waals surface area (Å²) in [5, 5.41) is 3.28. The molecule has 0 amide bonds. The van der Waals surface area contributed by atoms with Gasteiger partial charge in [0.2, 0.25) is 0 Å². The third-order valence-corrected chi connectivity index (χ3v) is 2.99. The molecule has 1 aliphatic heterocycles. The van der Waals surface area contributed by atoms with Gasteiger partial charge in [-0.2, -0.15) is 0 Å². The van der Waals surface area contributed by atoms with Crippen LogP contribution in [0.3, 0.4) is 0 Å². The molecule has 84 valence electrons. The lowest BCUT2D eigenvalue weighted by molar-refractivity contribution is 0.0735. The fourth-order valence-corrected chi connectivity index (χ4v) is 2.13. The molecule has 3 heteroatoms. The van der Waals surface area contributed by atoms with E-state index in [1.807, 2.05) is 7.05 Å². The van der Waals surface area contributed by atoms with Crippen LogP contribution < -0.4 is 5.32 Å². The molecular formula is C12H19NO2.